The van der Waals surface area contributed by atoms with Gasteiger partial charge in [-0.05, 0) is 83.0 Å². The normalized spacial score (nSPS) is 44.1. The third-order valence-electron chi connectivity index (χ3n) is 8.15. The lowest BCUT2D eigenvalue weighted by Crippen LogP contribution is -2.63. The molecule has 0 bridgehead atoms. The minimum absolute atomic E-state index is 0.291. The standard InChI is InChI=1S/C24H46N4O2/c1-17-14-28(15-18(2)30-17)16-19-4-8-22(9-5-19)27-24-25-12-21(13-26-24)20-6-10-23(29-3)11-7-20/h17-27H,4-16H2,1-3H3. The number of hydrogen-bond acceptors (Lipinski definition) is 6. The van der Waals surface area contributed by atoms with Gasteiger partial charge in [0.2, 0.25) is 0 Å². The van der Waals surface area contributed by atoms with Crippen molar-refractivity contribution in [3.05, 3.63) is 0 Å². The summed E-state index contributed by atoms with van der Waals surface area (Å²) in [4.78, 5) is 2.64. The van der Waals surface area contributed by atoms with E-state index in [2.05, 4.69) is 34.7 Å². The Bertz CT molecular complexity index is 487. The van der Waals surface area contributed by atoms with Crippen LogP contribution in [-0.2, 0) is 9.47 Å². The molecule has 0 radical (unpaired) electrons. The van der Waals surface area contributed by atoms with Crippen LogP contribution in [0.4, 0.5) is 0 Å². The van der Waals surface area contributed by atoms with Gasteiger partial charge in [0, 0.05) is 45.9 Å². The van der Waals surface area contributed by atoms with Gasteiger partial charge >= 0.3 is 0 Å². The summed E-state index contributed by atoms with van der Waals surface area (Å²) in [5.41, 5.74) is 0. The first-order chi connectivity index (χ1) is 14.6. The molecule has 30 heavy (non-hydrogen) atoms. The van der Waals surface area contributed by atoms with Crippen LogP contribution in [0, 0.1) is 17.8 Å². The van der Waals surface area contributed by atoms with Crippen molar-refractivity contribution in [2.75, 3.05) is 39.8 Å². The van der Waals surface area contributed by atoms with Crippen molar-refractivity contribution in [1.29, 1.82) is 0 Å². The van der Waals surface area contributed by atoms with Crippen molar-refractivity contribution < 1.29 is 9.47 Å². The highest BCUT2D eigenvalue weighted by Gasteiger charge is 2.32. The zero-order valence-corrected chi connectivity index (χ0v) is 19.6. The first-order valence-electron chi connectivity index (χ1n) is 12.7. The van der Waals surface area contributed by atoms with Gasteiger partial charge in [-0.3, -0.25) is 20.9 Å². The average molecular weight is 423 g/mol. The Balaban J connectivity index is 1.11. The third kappa shape index (κ3) is 6.39. The Morgan fingerprint density at radius 3 is 2.10 bits per heavy atom. The van der Waals surface area contributed by atoms with Crippen LogP contribution in [0.3, 0.4) is 0 Å². The van der Waals surface area contributed by atoms with Gasteiger partial charge in [-0.2, -0.15) is 0 Å². The van der Waals surface area contributed by atoms with Crippen LogP contribution in [0.25, 0.3) is 0 Å². The van der Waals surface area contributed by atoms with E-state index in [1.165, 1.54) is 57.9 Å². The monoisotopic (exact) mass is 422 g/mol. The molecule has 2 unspecified atom stereocenters. The molecule has 0 aromatic heterocycles. The molecule has 0 amide bonds. The molecular weight excluding hydrogens is 376 g/mol. The Labute approximate surface area is 184 Å². The summed E-state index contributed by atoms with van der Waals surface area (Å²) in [6, 6.07) is 0.655. The van der Waals surface area contributed by atoms with Gasteiger partial charge in [-0.25, -0.2) is 0 Å². The van der Waals surface area contributed by atoms with Crippen molar-refractivity contribution in [2.24, 2.45) is 17.8 Å². The molecule has 2 saturated heterocycles. The number of nitrogens with zero attached hydrogens (tertiary/aromatic N) is 1. The van der Waals surface area contributed by atoms with E-state index in [1.807, 2.05) is 7.11 Å². The molecule has 4 rings (SSSR count). The highest BCUT2D eigenvalue weighted by molar-refractivity contribution is 4.87. The van der Waals surface area contributed by atoms with Crippen molar-refractivity contribution in [1.82, 2.24) is 20.9 Å². The van der Waals surface area contributed by atoms with E-state index in [-0.39, 0.29) is 0 Å². The Morgan fingerprint density at radius 1 is 0.867 bits per heavy atom. The van der Waals surface area contributed by atoms with E-state index in [9.17, 15) is 0 Å². The summed E-state index contributed by atoms with van der Waals surface area (Å²) < 4.78 is 11.4. The van der Waals surface area contributed by atoms with Gasteiger partial charge in [0.05, 0.1) is 18.3 Å². The SMILES string of the molecule is COC1CCC(C2CNC(NC3CCC(CN4CC(C)OC(C)C4)CC3)NC2)CC1. The molecule has 6 nitrogen and oxygen atoms in total. The van der Waals surface area contributed by atoms with Crippen LogP contribution in [0.5, 0.6) is 0 Å². The summed E-state index contributed by atoms with van der Waals surface area (Å²) in [5.74, 6) is 2.49. The molecule has 4 fully saturated rings. The van der Waals surface area contributed by atoms with Crippen LogP contribution in [-0.4, -0.2) is 75.4 Å². The maximum Gasteiger partial charge on any atom is 0.112 e. The predicted octanol–water partition coefficient (Wildman–Crippen LogP) is 2.54. The topological polar surface area (TPSA) is 57.8 Å². The van der Waals surface area contributed by atoms with E-state index in [0.717, 1.165) is 43.9 Å². The molecule has 2 aliphatic carbocycles. The van der Waals surface area contributed by atoms with E-state index < -0.39 is 0 Å². The van der Waals surface area contributed by atoms with Crippen molar-refractivity contribution >= 4 is 0 Å². The fourth-order valence-electron chi connectivity index (χ4n) is 6.48. The molecular formula is C24H46N4O2. The second kappa shape index (κ2) is 11.1. The first kappa shape index (κ1) is 22.9. The van der Waals surface area contributed by atoms with Gasteiger partial charge in [-0.1, -0.05) is 0 Å². The summed E-state index contributed by atoms with van der Waals surface area (Å²) in [5, 5.41) is 11.4. The van der Waals surface area contributed by atoms with Crippen LogP contribution >= 0.6 is 0 Å². The molecule has 0 spiro atoms. The molecule has 174 valence electrons. The van der Waals surface area contributed by atoms with Gasteiger partial charge in [-0.15, -0.1) is 0 Å². The summed E-state index contributed by atoms with van der Waals surface area (Å²) >= 11 is 0. The largest absolute Gasteiger partial charge is 0.381 e. The third-order valence-corrected chi connectivity index (χ3v) is 8.15. The van der Waals surface area contributed by atoms with Crippen molar-refractivity contribution in [2.45, 2.75) is 95.9 Å². The van der Waals surface area contributed by atoms with Crippen LogP contribution in [0.15, 0.2) is 0 Å². The number of nitrogens with one attached hydrogen (secondary N) is 3. The van der Waals surface area contributed by atoms with E-state index in [4.69, 9.17) is 9.47 Å². The molecule has 3 N–H and O–H groups in total. The molecule has 2 heterocycles. The van der Waals surface area contributed by atoms with Gasteiger partial charge in [0.1, 0.15) is 6.29 Å². The highest BCUT2D eigenvalue weighted by Crippen LogP contribution is 2.32. The summed E-state index contributed by atoms with van der Waals surface area (Å²) in [6.07, 6.45) is 12.0. The quantitative estimate of drug-likeness (QED) is 0.612. The molecule has 0 aromatic rings. The first-order valence-corrected chi connectivity index (χ1v) is 12.7. The Kier molecular flexibility index (Phi) is 8.46. The minimum Gasteiger partial charge on any atom is -0.381 e. The zero-order valence-electron chi connectivity index (χ0n) is 19.6. The molecule has 2 atom stereocenters. The molecule has 6 heteroatoms. The number of rotatable bonds is 6. The number of methoxy groups -OCH3 is 1. The molecule has 4 aliphatic rings. The Hall–Kier alpha value is -0.240. The van der Waals surface area contributed by atoms with Crippen molar-refractivity contribution in [3.63, 3.8) is 0 Å². The fourth-order valence-corrected chi connectivity index (χ4v) is 6.48. The lowest BCUT2D eigenvalue weighted by molar-refractivity contribution is -0.0727. The second-order valence-corrected chi connectivity index (χ2v) is 10.6. The predicted molar refractivity (Wildman–Crippen MR) is 121 cm³/mol. The molecule has 0 aromatic carbocycles. The maximum atomic E-state index is 5.89. The van der Waals surface area contributed by atoms with Crippen LogP contribution in [0.1, 0.15) is 65.2 Å². The average Bonchev–Trinajstić information content (AvgIpc) is 2.75. The summed E-state index contributed by atoms with van der Waals surface area (Å²) in [6.45, 7) is 10.2. The van der Waals surface area contributed by atoms with Crippen LogP contribution < -0.4 is 16.0 Å². The minimum atomic E-state index is 0.291. The highest BCUT2D eigenvalue weighted by atomic mass is 16.5. The Morgan fingerprint density at radius 2 is 1.50 bits per heavy atom. The molecule has 2 aliphatic heterocycles. The number of ether oxygens (including phenoxy) is 2. The van der Waals surface area contributed by atoms with Crippen molar-refractivity contribution in [3.8, 4) is 0 Å². The fraction of sp³-hybridized carbons (Fsp3) is 1.00. The zero-order chi connectivity index (χ0) is 20.9. The lowest BCUT2D eigenvalue weighted by atomic mass is 9.78. The smallest absolute Gasteiger partial charge is 0.112 e. The van der Waals surface area contributed by atoms with Gasteiger partial charge in [0.25, 0.3) is 0 Å². The lowest BCUT2D eigenvalue weighted by Gasteiger charge is -2.41. The summed E-state index contributed by atoms with van der Waals surface area (Å²) in [7, 11) is 1.86. The molecule has 2 saturated carbocycles. The van der Waals surface area contributed by atoms with Gasteiger partial charge in [0.15, 0.2) is 0 Å². The van der Waals surface area contributed by atoms with E-state index in [0.29, 0.717) is 30.6 Å². The number of hydrogen-bond donors (Lipinski definition) is 3. The second-order valence-electron chi connectivity index (χ2n) is 10.6. The van der Waals surface area contributed by atoms with E-state index in [1.54, 1.807) is 0 Å². The maximum absolute atomic E-state index is 5.89. The van der Waals surface area contributed by atoms with Gasteiger partial charge < -0.3 is 9.47 Å². The number of morpholine rings is 1. The van der Waals surface area contributed by atoms with Crippen LogP contribution in [0.2, 0.25) is 0 Å². The van der Waals surface area contributed by atoms with E-state index >= 15 is 0 Å².